The molecule has 2 aliphatic rings. The van der Waals surface area contributed by atoms with Gasteiger partial charge in [-0.1, -0.05) is 55.7 Å². The van der Waals surface area contributed by atoms with Crippen molar-refractivity contribution in [3.8, 4) is 0 Å². The van der Waals surface area contributed by atoms with Crippen LogP contribution in [0.2, 0.25) is 0 Å². The highest BCUT2D eigenvalue weighted by molar-refractivity contribution is 5.83. The van der Waals surface area contributed by atoms with E-state index in [4.69, 9.17) is 0 Å². The quantitative estimate of drug-likeness (QED) is 0.646. The van der Waals surface area contributed by atoms with Gasteiger partial charge < -0.3 is 9.88 Å². The molecule has 2 aromatic carbocycles. The Kier molecular flexibility index (Phi) is 6.49. The van der Waals surface area contributed by atoms with E-state index < -0.39 is 0 Å². The van der Waals surface area contributed by atoms with Crippen LogP contribution in [-0.2, 0) is 30.7 Å². The molecule has 3 aromatic rings. The van der Waals surface area contributed by atoms with E-state index in [0.717, 1.165) is 63.5 Å². The van der Waals surface area contributed by atoms with Gasteiger partial charge in [-0.3, -0.25) is 9.69 Å². The fraction of sp³-hybridized carbons (Fsp3) is 0.500. The van der Waals surface area contributed by atoms with Gasteiger partial charge >= 0.3 is 0 Å². The maximum atomic E-state index is 12.4. The molecule has 0 saturated heterocycles. The first kappa shape index (κ1) is 21.1. The molecular weight excluding hydrogens is 398 g/mol. The van der Waals surface area contributed by atoms with E-state index >= 15 is 0 Å². The van der Waals surface area contributed by atoms with Gasteiger partial charge in [0.25, 0.3) is 0 Å². The number of aromatic nitrogens is 3. The number of rotatable bonds is 6. The summed E-state index contributed by atoms with van der Waals surface area (Å²) in [6.07, 6.45) is 7.38. The normalized spacial score (nSPS) is 17.8. The van der Waals surface area contributed by atoms with Crippen molar-refractivity contribution in [1.82, 2.24) is 25.0 Å². The second-order valence-corrected chi connectivity index (χ2v) is 9.27. The SMILES string of the molecule is O=C(NCCc1nnc2n1CCN(Cc1ccc3ccccc3c1)CC2)C1CCCCC1. The van der Waals surface area contributed by atoms with E-state index in [1.54, 1.807) is 0 Å². The van der Waals surface area contributed by atoms with Crippen LogP contribution in [0.4, 0.5) is 0 Å². The molecule has 1 saturated carbocycles. The minimum atomic E-state index is 0.211. The largest absolute Gasteiger partial charge is 0.355 e. The third-order valence-electron chi connectivity index (χ3n) is 7.04. The lowest BCUT2D eigenvalue weighted by Crippen LogP contribution is -2.33. The molecule has 0 spiro atoms. The van der Waals surface area contributed by atoms with Gasteiger partial charge in [0.15, 0.2) is 0 Å². The molecule has 5 rings (SSSR count). The maximum Gasteiger partial charge on any atom is 0.223 e. The first-order valence-electron chi connectivity index (χ1n) is 12.1. The topological polar surface area (TPSA) is 63.1 Å². The summed E-state index contributed by atoms with van der Waals surface area (Å²) in [4.78, 5) is 14.9. The molecule has 6 heteroatoms. The summed E-state index contributed by atoms with van der Waals surface area (Å²) >= 11 is 0. The number of amides is 1. The van der Waals surface area contributed by atoms with Crippen LogP contribution in [0.15, 0.2) is 42.5 Å². The highest BCUT2D eigenvalue weighted by Crippen LogP contribution is 2.23. The van der Waals surface area contributed by atoms with E-state index in [0.29, 0.717) is 6.54 Å². The second-order valence-electron chi connectivity index (χ2n) is 9.27. The Balaban J connectivity index is 1.15. The standard InChI is InChI=1S/C26H33N5O/c32-26(22-7-2-1-3-8-22)27-14-12-24-28-29-25-13-15-30(16-17-31(24)25)19-20-10-11-21-6-4-5-9-23(21)18-20/h4-6,9-11,18,22H,1-3,7-8,12-17,19H2,(H,27,32). The Morgan fingerprint density at radius 1 is 0.969 bits per heavy atom. The van der Waals surface area contributed by atoms with Crippen LogP contribution in [0, 0.1) is 5.92 Å². The number of nitrogens with one attached hydrogen (secondary N) is 1. The molecule has 0 unspecified atom stereocenters. The van der Waals surface area contributed by atoms with Gasteiger partial charge in [-0.15, -0.1) is 10.2 Å². The summed E-state index contributed by atoms with van der Waals surface area (Å²) in [5.74, 6) is 2.50. The zero-order valence-corrected chi connectivity index (χ0v) is 18.8. The lowest BCUT2D eigenvalue weighted by Gasteiger charge is -2.21. The Labute approximate surface area is 190 Å². The maximum absolute atomic E-state index is 12.4. The summed E-state index contributed by atoms with van der Waals surface area (Å²) in [6, 6.07) is 15.3. The highest BCUT2D eigenvalue weighted by atomic mass is 16.1. The fourth-order valence-electron chi connectivity index (χ4n) is 5.17. The molecule has 0 radical (unpaired) electrons. The van der Waals surface area contributed by atoms with Gasteiger partial charge in [-0.05, 0) is 35.2 Å². The van der Waals surface area contributed by atoms with Crippen molar-refractivity contribution in [2.24, 2.45) is 5.92 Å². The molecule has 1 aliphatic carbocycles. The average Bonchev–Trinajstić information content (AvgIpc) is 3.11. The molecule has 6 nitrogen and oxygen atoms in total. The third kappa shape index (κ3) is 4.85. The number of hydrogen-bond donors (Lipinski definition) is 1. The van der Waals surface area contributed by atoms with Gasteiger partial charge in [0.2, 0.25) is 5.91 Å². The van der Waals surface area contributed by atoms with Crippen LogP contribution in [0.5, 0.6) is 0 Å². The second kappa shape index (κ2) is 9.82. The van der Waals surface area contributed by atoms with Gasteiger partial charge in [0, 0.05) is 51.5 Å². The van der Waals surface area contributed by atoms with Crippen LogP contribution >= 0.6 is 0 Å². The molecule has 32 heavy (non-hydrogen) atoms. The summed E-state index contributed by atoms with van der Waals surface area (Å²) in [6.45, 7) is 4.48. The number of carbonyl (C=O) groups excluding carboxylic acids is 1. The molecular formula is C26H33N5O. The van der Waals surface area contributed by atoms with Gasteiger partial charge in [0.1, 0.15) is 11.6 Å². The Morgan fingerprint density at radius 3 is 2.69 bits per heavy atom. The monoisotopic (exact) mass is 431 g/mol. The number of hydrogen-bond acceptors (Lipinski definition) is 4. The molecule has 168 valence electrons. The number of fused-ring (bicyclic) bond motifs is 2. The van der Waals surface area contributed by atoms with Gasteiger partial charge in [-0.25, -0.2) is 0 Å². The van der Waals surface area contributed by atoms with Crippen molar-refractivity contribution in [2.45, 2.75) is 58.0 Å². The molecule has 1 N–H and O–H groups in total. The molecule has 1 fully saturated rings. The van der Waals surface area contributed by atoms with Crippen molar-refractivity contribution in [2.75, 3.05) is 19.6 Å². The van der Waals surface area contributed by atoms with Crippen molar-refractivity contribution in [3.63, 3.8) is 0 Å². The predicted molar refractivity (Wildman–Crippen MR) is 126 cm³/mol. The van der Waals surface area contributed by atoms with Crippen molar-refractivity contribution in [1.29, 1.82) is 0 Å². The van der Waals surface area contributed by atoms with Gasteiger partial charge in [-0.2, -0.15) is 0 Å². The summed E-state index contributed by atoms with van der Waals surface area (Å²) in [5, 5.41) is 14.6. The van der Waals surface area contributed by atoms with Crippen LogP contribution in [0.25, 0.3) is 10.8 Å². The molecule has 0 atom stereocenters. The minimum Gasteiger partial charge on any atom is -0.355 e. The minimum absolute atomic E-state index is 0.211. The van der Waals surface area contributed by atoms with E-state index in [1.165, 1.54) is 35.6 Å². The number of nitrogens with zero attached hydrogens (tertiary/aromatic N) is 4. The zero-order valence-electron chi connectivity index (χ0n) is 18.8. The van der Waals surface area contributed by atoms with Crippen LogP contribution in [0.1, 0.15) is 49.3 Å². The van der Waals surface area contributed by atoms with Crippen LogP contribution < -0.4 is 5.32 Å². The lowest BCUT2D eigenvalue weighted by atomic mass is 9.89. The molecule has 1 amide bonds. The van der Waals surface area contributed by atoms with E-state index in [-0.39, 0.29) is 11.8 Å². The fourth-order valence-corrected chi connectivity index (χ4v) is 5.17. The van der Waals surface area contributed by atoms with Gasteiger partial charge in [0.05, 0.1) is 0 Å². The molecule has 1 aromatic heterocycles. The Morgan fingerprint density at radius 2 is 1.81 bits per heavy atom. The summed E-state index contributed by atoms with van der Waals surface area (Å²) in [5.41, 5.74) is 1.35. The number of benzene rings is 2. The molecule has 2 heterocycles. The van der Waals surface area contributed by atoms with Crippen molar-refractivity contribution >= 4 is 16.7 Å². The van der Waals surface area contributed by atoms with E-state index in [2.05, 4.69) is 67.4 Å². The number of carbonyl (C=O) groups is 1. The highest BCUT2D eigenvalue weighted by Gasteiger charge is 2.22. The summed E-state index contributed by atoms with van der Waals surface area (Å²) < 4.78 is 2.27. The molecule has 1 aliphatic heterocycles. The van der Waals surface area contributed by atoms with Crippen LogP contribution in [-0.4, -0.2) is 45.2 Å². The van der Waals surface area contributed by atoms with Crippen LogP contribution in [0.3, 0.4) is 0 Å². The first-order chi connectivity index (χ1) is 15.8. The van der Waals surface area contributed by atoms with Crippen molar-refractivity contribution in [3.05, 3.63) is 59.7 Å². The Hall–Kier alpha value is -2.73. The predicted octanol–water partition coefficient (Wildman–Crippen LogP) is 3.73. The Bertz CT molecular complexity index is 1070. The summed E-state index contributed by atoms with van der Waals surface area (Å²) in [7, 11) is 0. The smallest absolute Gasteiger partial charge is 0.223 e. The third-order valence-corrected chi connectivity index (χ3v) is 7.04. The average molecular weight is 432 g/mol. The lowest BCUT2D eigenvalue weighted by molar-refractivity contribution is -0.125. The van der Waals surface area contributed by atoms with E-state index in [1.807, 2.05) is 0 Å². The van der Waals surface area contributed by atoms with E-state index in [9.17, 15) is 4.79 Å². The van der Waals surface area contributed by atoms with Crippen molar-refractivity contribution < 1.29 is 4.79 Å². The molecule has 0 bridgehead atoms. The zero-order chi connectivity index (χ0) is 21.8. The first-order valence-corrected chi connectivity index (χ1v) is 12.1.